The molecule has 3 aromatic rings. The average molecular weight is 367 g/mol. The van der Waals surface area contributed by atoms with Crippen LogP contribution in [0.1, 0.15) is 15.9 Å². The molecule has 0 radical (unpaired) electrons. The molecule has 3 rings (SSSR count). The number of fused-ring (bicyclic) bond motifs is 1. The number of carboxylic acid groups (broad SMARTS) is 1. The largest absolute Gasteiger partial charge is 0.478 e. The maximum atomic E-state index is 11.4. The molecule has 0 amide bonds. The Balaban J connectivity index is 2.36. The lowest BCUT2D eigenvalue weighted by Gasteiger charge is -2.09. The summed E-state index contributed by atoms with van der Waals surface area (Å²) in [5.41, 5.74) is 2.64. The second-order valence-corrected chi connectivity index (χ2v) is 5.79. The second kappa shape index (κ2) is 5.13. The highest BCUT2D eigenvalue weighted by Gasteiger charge is 2.17. The van der Waals surface area contributed by atoms with Crippen LogP contribution in [0.25, 0.3) is 16.7 Å². The van der Waals surface area contributed by atoms with E-state index in [4.69, 9.17) is 11.6 Å². The van der Waals surface area contributed by atoms with Crippen LogP contribution < -0.4 is 0 Å². The summed E-state index contributed by atoms with van der Waals surface area (Å²) in [7, 11) is 0. The van der Waals surface area contributed by atoms with Gasteiger partial charge in [0.25, 0.3) is 0 Å². The fourth-order valence-electron chi connectivity index (χ4n) is 2.11. The predicted molar refractivity (Wildman–Crippen MR) is 83.3 cm³/mol. The zero-order chi connectivity index (χ0) is 15.1. The summed E-state index contributed by atoms with van der Waals surface area (Å²) < 4.78 is 2.24. The first-order valence-electron chi connectivity index (χ1n) is 6.03. The highest BCUT2D eigenvalue weighted by molar-refractivity contribution is 9.10. The molecule has 5 nitrogen and oxygen atoms in total. The van der Waals surface area contributed by atoms with Crippen molar-refractivity contribution in [3.63, 3.8) is 0 Å². The van der Waals surface area contributed by atoms with Crippen LogP contribution in [0.2, 0.25) is 5.02 Å². The van der Waals surface area contributed by atoms with Crippen molar-refractivity contribution in [3.05, 3.63) is 51.0 Å². The molecule has 0 fully saturated rings. The first kappa shape index (κ1) is 14.0. The van der Waals surface area contributed by atoms with Crippen molar-refractivity contribution in [2.75, 3.05) is 0 Å². The van der Waals surface area contributed by atoms with Crippen LogP contribution in [0.3, 0.4) is 0 Å². The van der Waals surface area contributed by atoms with E-state index >= 15 is 0 Å². The van der Waals surface area contributed by atoms with Crippen molar-refractivity contribution in [2.45, 2.75) is 6.92 Å². The molecule has 0 spiro atoms. The van der Waals surface area contributed by atoms with Gasteiger partial charge in [0.05, 0.1) is 11.3 Å². The highest BCUT2D eigenvalue weighted by Crippen LogP contribution is 2.30. The van der Waals surface area contributed by atoms with Gasteiger partial charge in [-0.2, -0.15) is 0 Å². The SMILES string of the molecule is Cc1cc(Br)c(-n2nnc3cccc(C(=O)O)c32)cc1Cl. The Bertz CT molecular complexity index is 876. The number of hydrogen-bond acceptors (Lipinski definition) is 3. The zero-order valence-corrected chi connectivity index (χ0v) is 13.2. The summed E-state index contributed by atoms with van der Waals surface area (Å²) in [4.78, 5) is 11.4. The predicted octanol–water partition coefficient (Wildman–Crippen LogP) is 3.84. The number of aromatic nitrogens is 3. The van der Waals surface area contributed by atoms with E-state index in [9.17, 15) is 9.90 Å². The number of rotatable bonds is 2. The normalized spacial score (nSPS) is 11.0. The van der Waals surface area contributed by atoms with E-state index < -0.39 is 5.97 Å². The highest BCUT2D eigenvalue weighted by atomic mass is 79.9. The second-order valence-electron chi connectivity index (χ2n) is 4.53. The van der Waals surface area contributed by atoms with Crippen molar-refractivity contribution in [2.24, 2.45) is 0 Å². The molecule has 0 aliphatic carbocycles. The van der Waals surface area contributed by atoms with Crippen LogP contribution in [0.5, 0.6) is 0 Å². The molecule has 1 aromatic heterocycles. The Morgan fingerprint density at radius 1 is 1.38 bits per heavy atom. The van der Waals surface area contributed by atoms with Gasteiger partial charge < -0.3 is 5.11 Å². The summed E-state index contributed by atoms with van der Waals surface area (Å²) in [5, 5.41) is 18.0. The van der Waals surface area contributed by atoms with Gasteiger partial charge in [0, 0.05) is 9.50 Å². The molecule has 0 aliphatic rings. The lowest BCUT2D eigenvalue weighted by molar-refractivity contribution is 0.0698. The number of aryl methyl sites for hydroxylation is 1. The van der Waals surface area contributed by atoms with Gasteiger partial charge in [0.15, 0.2) is 0 Å². The van der Waals surface area contributed by atoms with Gasteiger partial charge in [0.2, 0.25) is 0 Å². The van der Waals surface area contributed by atoms with Gasteiger partial charge in [-0.25, -0.2) is 9.48 Å². The molecule has 7 heteroatoms. The van der Waals surface area contributed by atoms with Crippen LogP contribution in [-0.4, -0.2) is 26.1 Å². The average Bonchev–Trinajstić information content (AvgIpc) is 2.86. The van der Waals surface area contributed by atoms with Gasteiger partial charge in [0.1, 0.15) is 11.0 Å². The third-order valence-electron chi connectivity index (χ3n) is 3.16. The van der Waals surface area contributed by atoms with E-state index in [0.717, 1.165) is 10.0 Å². The van der Waals surface area contributed by atoms with Gasteiger partial charge in [-0.15, -0.1) is 5.10 Å². The molecule has 0 aliphatic heterocycles. The molecule has 0 saturated heterocycles. The molecular formula is C14H9BrClN3O2. The Morgan fingerprint density at radius 2 is 2.14 bits per heavy atom. The molecule has 0 saturated carbocycles. The number of carboxylic acids is 1. The standard InChI is InChI=1S/C14H9BrClN3O2/c1-7-5-9(15)12(6-10(7)16)19-13-8(14(20)21)3-2-4-11(13)17-18-19/h2-6H,1H3,(H,20,21). The zero-order valence-electron chi connectivity index (χ0n) is 10.8. The van der Waals surface area contributed by atoms with Gasteiger partial charge in [-0.3, -0.25) is 0 Å². The summed E-state index contributed by atoms with van der Waals surface area (Å²) in [6.07, 6.45) is 0. The fraction of sp³-hybridized carbons (Fsp3) is 0.0714. The molecular weight excluding hydrogens is 358 g/mol. The minimum atomic E-state index is -1.03. The van der Waals surface area contributed by atoms with E-state index in [2.05, 4.69) is 26.2 Å². The Hall–Kier alpha value is -1.92. The van der Waals surface area contributed by atoms with E-state index in [1.165, 1.54) is 10.7 Å². The number of para-hydroxylation sites is 1. The van der Waals surface area contributed by atoms with Crippen molar-refractivity contribution >= 4 is 44.5 Å². The number of hydrogen-bond donors (Lipinski definition) is 1. The summed E-state index contributed by atoms with van der Waals surface area (Å²) >= 11 is 9.61. The lowest BCUT2D eigenvalue weighted by Crippen LogP contribution is -2.04. The molecule has 106 valence electrons. The van der Waals surface area contributed by atoms with E-state index in [0.29, 0.717) is 21.7 Å². The molecule has 0 bridgehead atoms. The van der Waals surface area contributed by atoms with Gasteiger partial charge in [-0.05, 0) is 52.7 Å². The first-order valence-corrected chi connectivity index (χ1v) is 7.20. The third-order valence-corrected chi connectivity index (χ3v) is 4.20. The quantitative estimate of drug-likeness (QED) is 0.748. The number of halogens is 2. The number of aromatic carboxylic acids is 1. The van der Waals surface area contributed by atoms with Crippen molar-refractivity contribution in [1.82, 2.24) is 15.0 Å². The van der Waals surface area contributed by atoms with Crippen molar-refractivity contribution < 1.29 is 9.90 Å². The fourth-order valence-corrected chi connectivity index (χ4v) is 2.90. The lowest BCUT2D eigenvalue weighted by atomic mass is 10.1. The molecule has 2 aromatic carbocycles. The van der Waals surface area contributed by atoms with Gasteiger partial charge >= 0.3 is 5.97 Å². The summed E-state index contributed by atoms with van der Waals surface area (Å²) in [6.45, 7) is 1.89. The monoisotopic (exact) mass is 365 g/mol. The maximum Gasteiger partial charge on any atom is 0.337 e. The first-order chi connectivity index (χ1) is 9.99. The van der Waals surface area contributed by atoms with Crippen molar-refractivity contribution in [3.8, 4) is 5.69 Å². The van der Waals surface area contributed by atoms with Crippen LogP contribution >= 0.6 is 27.5 Å². The van der Waals surface area contributed by atoms with E-state index in [1.54, 1.807) is 18.2 Å². The van der Waals surface area contributed by atoms with Crippen LogP contribution in [-0.2, 0) is 0 Å². The Labute approximate surface area is 133 Å². The molecule has 0 atom stereocenters. The Morgan fingerprint density at radius 3 is 2.86 bits per heavy atom. The summed E-state index contributed by atoms with van der Waals surface area (Å²) in [6, 6.07) is 8.47. The van der Waals surface area contributed by atoms with E-state index in [1.807, 2.05) is 13.0 Å². The Kier molecular flexibility index (Phi) is 3.43. The number of nitrogens with zero attached hydrogens (tertiary/aromatic N) is 3. The third kappa shape index (κ3) is 2.30. The minimum absolute atomic E-state index is 0.140. The minimum Gasteiger partial charge on any atom is -0.478 e. The van der Waals surface area contributed by atoms with Crippen LogP contribution in [0, 0.1) is 6.92 Å². The molecule has 0 unspecified atom stereocenters. The van der Waals surface area contributed by atoms with Gasteiger partial charge in [-0.1, -0.05) is 22.9 Å². The molecule has 21 heavy (non-hydrogen) atoms. The van der Waals surface area contributed by atoms with Crippen LogP contribution in [0.15, 0.2) is 34.8 Å². The smallest absolute Gasteiger partial charge is 0.337 e. The number of benzene rings is 2. The van der Waals surface area contributed by atoms with Crippen LogP contribution in [0.4, 0.5) is 0 Å². The van der Waals surface area contributed by atoms with E-state index in [-0.39, 0.29) is 5.56 Å². The maximum absolute atomic E-state index is 11.4. The number of carbonyl (C=O) groups is 1. The summed E-state index contributed by atoms with van der Waals surface area (Å²) in [5.74, 6) is -1.03. The molecule has 1 heterocycles. The topological polar surface area (TPSA) is 68.0 Å². The molecule has 1 N–H and O–H groups in total. The van der Waals surface area contributed by atoms with Crippen molar-refractivity contribution in [1.29, 1.82) is 0 Å².